The minimum Gasteiger partial charge on any atom is -0.467 e. The molecule has 124 valence electrons. The van der Waals surface area contributed by atoms with Gasteiger partial charge < -0.3 is 4.42 Å². The number of furan rings is 1. The van der Waals surface area contributed by atoms with Crippen LogP contribution in [0.2, 0.25) is 0 Å². The van der Waals surface area contributed by atoms with Crippen molar-refractivity contribution in [1.29, 1.82) is 0 Å². The molecule has 6 nitrogen and oxygen atoms in total. The van der Waals surface area contributed by atoms with Crippen molar-refractivity contribution in [3.05, 3.63) is 71.3 Å². The fourth-order valence-corrected chi connectivity index (χ4v) is 3.60. The zero-order valence-electron chi connectivity index (χ0n) is 12.9. The highest BCUT2D eigenvalue weighted by Gasteiger charge is 2.32. The fraction of sp³-hybridized carbons (Fsp3) is 0.0588. The summed E-state index contributed by atoms with van der Waals surface area (Å²) in [6, 6.07) is 13.2. The molecule has 1 fully saturated rings. The lowest BCUT2D eigenvalue weighted by molar-refractivity contribution is -0.122. The van der Waals surface area contributed by atoms with E-state index in [4.69, 9.17) is 16.6 Å². The molecule has 0 spiro atoms. The molecular weight excluding hydrogens is 356 g/mol. The Balaban J connectivity index is 1.55. The molecule has 1 amide bonds. The summed E-state index contributed by atoms with van der Waals surface area (Å²) in [4.78, 5) is 16.1. The van der Waals surface area contributed by atoms with Gasteiger partial charge in [0.1, 0.15) is 15.8 Å². The van der Waals surface area contributed by atoms with Gasteiger partial charge in [-0.3, -0.25) is 9.69 Å². The van der Waals surface area contributed by atoms with Gasteiger partial charge in [-0.05, 0) is 30.3 Å². The van der Waals surface area contributed by atoms with Crippen molar-refractivity contribution in [2.75, 3.05) is 0 Å². The predicted molar refractivity (Wildman–Crippen MR) is 98.8 cm³/mol. The SMILES string of the molecule is O=C1C(=Cc2cnn(-c3ccccc3)n2)SC(=S)N1Cc1ccco1. The molecule has 0 atom stereocenters. The Hall–Kier alpha value is -2.71. The number of benzene rings is 1. The number of thioether (sulfide) groups is 1. The lowest BCUT2D eigenvalue weighted by Crippen LogP contribution is -2.27. The Bertz CT molecular complexity index is 948. The summed E-state index contributed by atoms with van der Waals surface area (Å²) in [7, 11) is 0. The summed E-state index contributed by atoms with van der Waals surface area (Å²) < 4.78 is 5.79. The number of hydrogen-bond donors (Lipinski definition) is 0. The van der Waals surface area contributed by atoms with Gasteiger partial charge in [-0.25, -0.2) is 0 Å². The number of thiocarbonyl (C=S) groups is 1. The summed E-state index contributed by atoms with van der Waals surface area (Å²) in [5, 5.41) is 8.62. The van der Waals surface area contributed by atoms with Gasteiger partial charge in [0.2, 0.25) is 0 Å². The number of rotatable bonds is 4. The first-order valence-electron chi connectivity index (χ1n) is 7.46. The van der Waals surface area contributed by atoms with E-state index in [2.05, 4.69) is 10.2 Å². The van der Waals surface area contributed by atoms with E-state index < -0.39 is 0 Å². The average molecular weight is 368 g/mol. The first-order chi connectivity index (χ1) is 12.2. The molecule has 1 aromatic carbocycles. The summed E-state index contributed by atoms with van der Waals surface area (Å²) >= 11 is 6.56. The van der Waals surface area contributed by atoms with Gasteiger partial charge >= 0.3 is 0 Å². The van der Waals surface area contributed by atoms with Gasteiger partial charge in [-0.1, -0.05) is 42.2 Å². The van der Waals surface area contributed by atoms with Gasteiger partial charge in [-0.2, -0.15) is 9.90 Å². The first kappa shape index (κ1) is 15.8. The maximum atomic E-state index is 12.6. The van der Waals surface area contributed by atoms with Gasteiger partial charge in [0, 0.05) is 0 Å². The lowest BCUT2D eigenvalue weighted by Gasteiger charge is -2.11. The Morgan fingerprint density at radius 3 is 2.80 bits per heavy atom. The molecular formula is C17H12N4O2S2. The molecule has 3 aromatic rings. The maximum absolute atomic E-state index is 12.6. The zero-order valence-corrected chi connectivity index (χ0v) is 14.5. The number of carbonyl (C=O) groups is 1. The van der Waals surface area contributed by atoms with Crippen LogP contribution in [0, 0.1) is 0 Å². The van der Waals surface area contributed by atoms with Crippen LogP contribution in [-0.4, -0.2) is 30.1 Å². The minimum absolute atomic E-state index is 0.152. The monoisotopic (exact) mass is 368 g/mol. The predicted octanol–water partition coefficient (Wildman–Crippen LogP) is 3.26. The second kappa shape index (κ2) is 6.66. The lowest BCUT2D eigenvalue weighted by atomic mass is 10.3. The van der Waals surface area contributed by atoms with E-state index in [0.717, 1.165) is 5.69 Å². The average Bonchev–Trinajstić information content (AvgIpc) is 3.35. The summed E-state index contributed by atoms with van der Waals surface area (Å²) in [6.07, 6.45) is 4.89. The largest absolute Gasteiger partial charge is 0.467 e. The normalized spacial score (nSPS) is 16.2. The molecule has 0 unspecified atom stereocenters. The number of hydrogen-bond acceptors (Lipinski definition) is 6. The first-order valence-corrected chi connectivity index (χ1v) is 8.69. The van der Waals surface area contributed by atoms with Gasteiger partial charge in [0.05, 0.1) is 29.6 Å². The van der Waals surface area contributed by atoms with Gasteiger partial charge in [0.25, 0.3) is 5.91 Å². The van der Waals surface area contributed by atoms with Crippen molar-refractivity contribution in [1.82, 2.24) is 19.9 Å². The van der Waals surface area contributed by atoms with E-state index in [0.29, 0.717) is 27.2 Å². The summed E-state index contributed by atoms with van der Waals surface area (Å²) in [6.45, 7) is 0.325. The molecule has 0 bridgehead atoms. The molecule has 4 rings (SSSR count). The Morgan fingerprint density at radius 1 is 1.20 bits per heavy atom. The molecule has 2 aromatic heterocycles. The van der Waals surface area contributed by atoms with Crippen LogP contribution in [-0.2, 0) is 11.3 Å². The van der Waals surface area contributed by atoms with Crippen LogP contribution in [0.1, 0.15) is 11.5 Å². The summed E-state index contributed by atoms with van der Waals surface area (Å²) in [5.74, 6) is 0.535. The molecule has 0 aliphatic carbocycles. The maximum Gasteiger partial charge on any atom is 0.266 e. The van der Waals surface area contributed by atoms with Crippen molar-refractivity contribution in [2.24, 2.45) is 0 Å². The van der Waals surface area contributed by atoms with Crippen LogP contribution in [0.3, 0.4) is 0 Å². The zero-order chi connectivity index (χ0) is 17.2. The van der Waals surface area contributed by atoms with E-state index in [-0.39, 0.29) is 5.91 Å². The molecule has 3 heterocycles. The highest BCUT2D eigenvalue weighted by molar-refractivity contribution is 8.26. The van der Waals surface area contributed by atoms with Crippen LogP contribution in [0.4, 0.5) is 0 Å². The van der Waals surface area contributed by atoms with Crippen molar-refractivity contribution in [3.63, 3.8) is 0 Å². The van der Waals surface area contributed by atoms with Crippen molar-refractivity contribution < 1.29 is 9.21 Å². The molecule has 0 radical (unpaired) electrons. The van der Waals surface area contributed by atoms with Crippen LogP contribution < -0.4 is 0 Å². The fourth-order valence-electron chi connectivity index (χ4n) is 2.36. The van der Waals surface area contributed by atoms with Crippen molar-refractivity contribution in [2.45, 2.75) is 6.54 Å². The van der Waals surface area contributed by atoms with E-state index in [9.17, 15) is 4.79 Å². The molecule has 1 aliphatic rings. The van der Waals surface area contributed by atoms with Crippen LogP contribution in [0.15, 0.2) is 64.2 Å². The highest BCUT2D eigenvalue weighted by atomic mass is 32.2. The minimum atomic E-state index is -0.152. The van der Waals surface area contributed by atoms with Crippen molar-refractivity contribution >= 4 is 40.3 Å². The Labute approximate surface area is 153 Å². The smallest absolute Gasteiger partial charge is 0.266 e. The number of carbonyl (C=O) groups excluding carboxylic acids is 1. The number of nitrogens with zero attached hydrogens (tertiary/aromatic N) is 4. The Morgan fingerprint density at radius 2 is 2.04 bits per heavy atom. The highest BCUT2D eigenvalue weighted by Crippen LogP contribution is 2.33. The number of aromatic nitrogens is 3. The number of para-hydroxylation sites is 1. The van der Waals surface area contributed by atoms with E-state index in [1.807, 2.05) is 36.4 Å². The van der Waals surface area contributed by atoms with Crippen molar-refractivity contribution in [3.8, 4) is 5.69 Å². The van der Waals surface area contributed by atoms with E-state index >= 15 is 0 Å². The third kappa shape index (κ3) is 3.26. The van der Waals surface area contributed by atoms with Crippen LogP contribution in [0.25, 0.3) is 11.8 Å². The Kier molecular flexibility index (Phi) is 4.21. The molecule has 1 aliphatic heterocycles. The molecule has 25 heavy (non-hydrogen) atoms. The standard InChI is InChI=1S/C17H12N4O2S2/c22-16-15(25-17(24)20(16)11-14-7-4-8-23-14)9-12-10-18-21(19-12)13-5-2-1-3-6-13/h1-10H,11H2. The molecule has 1 saturated heterocycles. The third-order valence-electron chi connectivity index (χ3n) is 3.54. The van der Waals surface area contributed by atoms with Gasteiger partial charge in [-0.15, -0.1) is 5.10 Å². The van der Waals surface area contributed by atoms with Crippen LogP contribution in [0.5, 0.6) is 0 Å². The second-order valence-corrected chi connectivity index (χ2v) is 6.92. The van der Waals surface area contributed by atoms with Gasteiger partial charge in [0.15, 0.2) is 0 Å². The van der Waals surface area contributed by atoms with E-state index in [1.165, 1.54) is 21.5 Å². The quantitative estimate of drug-likeness (QED) is 0.520. The topological polar surface area (TPSA) is 64.2 Å². The molecule has 0 N–H and O–H groups in total. The molecule has 0 saturated carbocycles. The third-order valence-corrected chi connectivity index (χ3v) is 4.92. The summed E-state index contributed by atoms with van der Waals surface area (Å²) in [5.41, 5.74) is 1.45. The van der Waals surface area contributed by atoms with E-state index in [1.54, 1.807) is 24.6 Å². The number of amides is 1. The second-order valence-electron chi connectivity index (χ2n) is 5.24. The van der Waals surface area contributed by atoms with Crippen LogP contribution >= 0.6 is 24.0 Å². The molecule has 8 heteroatoms.